The molecule has 0 aromatic carbocycles. The lowest BCUT2D eigenvalue weighted by molar-refractivity contribution is -0.142. The summed E-state index contributed by atoms with van der Waals surface area (Å²) in [7, 11) is 0. The van der Waals surface area contributed by atoms with Gasteiger partial charge in [-0.15, -0.1) is 12.2 Å². The number of carbonyl (C=O) groups excluding carboxylic acids is 1. The molecule has 0 aromatic rings. The van der Waals surface area contributed by atoms with Gasteiger partial charge >= 0.3 is 5.97 Å². The van der Waals surface area contributed by atoms with Crippen LogP contribution in [-0.4, -0.2) is 12.1 Å². The van der Waals surface area contributed by atoms with E-state index in [1.807, 2.05) is 0 Å². The van der Waals surface area contributed by atoms with Gasteiger partial charge in [-0.3, -0.25) is 4.79 Å². The first kappa shape index (κ1) is 12.6. The molecule has 0 spiro atoms. The Balaban J connectivity index is 4.41. The van der Waals surface area contributed by atoms with Gasteiger partial charge in [0.2, 0.25) is 0 Å². The van der Waals surface area contributed by atoms with E-state index in [0.29, 0.717) is 0 Å². The maximum absolute atomic E-state index is 10.7. The molecular formula is C12H16O2. The van der Waals surface area contributed by atoms with E-state index < -0.39 is 6.10 Å². The molecule has 0 saturated carbocycles. The Kier molecular flexibility index (Phi) is 6.28. The summed E-state index contributed by atoms with van der Waals surface area (Å²) >= 11 is 0. The monoisotopic (exact) mass is 192 g/mol. The predicted molar refractivity (Wildman–Crippen MR) is 56.6 cm³/mol. The fourth-order valence-corrected chi connectivity index (χ4v) is 1.05. The van der Waals surface area contributed by atoms with Crippen LogP contribution in [0.25, 0.3) is 0 Å². The quantitative estimate of drug-likeness (QED) is 0.380. The lowest BCUT2D eigenvalue weighted by Gasteiger charge is -2.12. The first-order chi connectivity index (χ1) is 6.65. The summed E-state index contributed by atoms with van der Waals surface area (Å²) < 4.78 is 4.94. The maximum atomic E-state index is 10.7. The van der Waals surface area contributed by atoms with Crippen LogP contribution in [-0.2, 0) is 9.53 Å². The lowest BCUT2D eigenvalue weighted by Crippen LogP contribution is -2.16. The SMILES string of the molecule is C#CC(OC(C)=O)C(=C=C)CCCC. The number of esters is 1. The van der Waals surface area contributed by atoms with Gasteiger partial charge in [0.15, 0.2) is 6.10 Å². The Morgan fingerprint density at radius 2 is 2.29 bits per heavy atom. The van der Waals surface area contributed by atoms with Crippen molar-refractivity contribution in [2.24, 2.45) is 0 Å². The highest BCUT2D eigenvalue weighted by Crippen LogP contribution is 2.13. The van der Waals surface area contributed by atoms with Gasteiger partial charge < -0.3 is 4.74 Å². The smallest absolute Gasteiger partial charge is 0.304 e. The van der Waals surface area contributed by atoms with E-state index in [2.05, 4.69) is 25.2 Å². The van der Waals surface area contributed by atoms with Crippen molar-refractivity contribution >= 4 is 5.97 Å². The van der Waals surface area contributed by atoms with Gasteiger partial charge in [-0.1, -0.05) is 25.8 Å². The molecule has 0 rings (SSSR count). The van der Waals surface area contributed by atoms with Gasteiger partial charge in [0, 0.05) is 12.5 Å². The summed E-state index contributed by atoms with van der Waals surface area (Å²) in [6.45, 7) is 6.96. The second-order valence-electron chi connectivity index (χ2n) is 2.96. The summed E-state index contributed by atoms with van der Waals surface area (Å²) in [5.74, 6) is 2.03. The van der Waals surface area contributed by atoms with E-state index in [0.717, 1.165) is 24.8 Å². The Labute approximate surface area is 85.6 Å². The number of rotatable bonds is 5. The average molecular weight is 192 g/mol. The van der Waals surface area contributed by atoms with Crippen LogP contribution in [0.4, 0.5) is 0 Å². The average Bonchev–Trinajstić information content (AvgIpc) is 2.16. The third kappa shape index (κ3) is 4.54. The molecule has 0 saturated heterocycles. The molecule has 0 aliphatic heterocycles. The molecule has 0 N–H and O–H groups in total. The molecule has 0 aliphatic rings. The summed E-state index contributed by atoms with van der Waals surface area (Å²) in [5, 5.41) is 0. The van der Waals surface area contributed by atoms with Crippen molar-refractivity contribution < 1.29 is 9.53 Å². The summed E-state index contributed by atoms with van der Waals surface area (Å²) in [6, 6.07) is 0. The van der Waals surface area contributed by atoms with Crippen LogP contribution in [0, 0.1) is 12.3 Å². The van der Waals surface area contributed by atoms with Crippen molar-refractivity contribution in [1.82, 2.24) is 0 Å². The van der Waals surface area contributed by atoms with Crippen LogP contribution < -0.4 is 0 Å². The molecule has 0 aromatic heterocycles. The van der Waals surface area contributed by atoms with Crippen LogP contribution in [0.3, 0.4) is 0 Å². The topological polar surface area (TPSA) is 26.3 Å². The van der Waals surface area contributed by atoms with E-state index in [4.69, 9.17) is 11.2 Å². The minimum atomic E-state index is -0.600. The molecule has 0 amide bonds. The minimum absolute atomic E-state index is 0.378. The summed E-state index contributed by atoms with van der Waals surface area (Å²) in [6.07, 6.45) is 7.49. The maximum Gasteiger partial charge on any atom is 0.304 e. The van der Waals surface area contributed by atoms with Gasteiger partial charge in [0.25, 0.3) is 0 Å². The zero-order chi connectivity index (χ0) is 11.0. The number of hydrogen-bond donors (Lipinski definition) is 0. The highest BCUT2D eigenvalue weighted by atomic mass is 16.5. The normalized spacial score (nSPS) is 10.9. The fourth-order valence-electron chi connectivity index (χ4n) is 1.05. The Bertz CT molecular complexity index is 277. The molecule has 76 valence electrons. The van der Waals surface area contributed by atoms with E-state index >= 15 is 0 Å². The minimum Gasteiger partial charge on any atom is -0.444 e. The molecule has 1 atom stereocenters. The van der Waals surface area contributed by atoms with Crippen LogP contribution in [0.1, 0.15) is 33.1 Å². The van der Waals surface area contributed by atoms with Crippen molar-refractivity contribution in [1.29, 1.82) is 0 Å². The number of terminal acetylenes is 1. The van der Waals surface area contributed by atoms with E-state index in [9.17, 15) is 4.79 Å². The van der Waals surface area contributed by atoms with Crippen LogP contribution in [0.2, 0.25) is 0 Å². The first-order valence-electron chi connectivity index (χ1n) is 4.67. The predicted octanol–water partition coefficient (Wildman–Crippen LogP) is 2.45. The molecule has 0 heterocycles. The van der Waals surface area contributed by atoms with E-state index in [1.54, 1.807) is 0 Å². The molecule has 14 heavy (non-hydrogen) atoms. The standard InChI is InChI=1S/C12H16O2/c1-5-8-9-11(6-2)12(7-3)14-10(4)13/h3,12H,2,5,8-9H2,1,4H3. The molecule has 2 nitrogen and oxygen atoms in total. The zero-order valence-electron chi connectivity index (χ0n) is 8.80. The van der Waals surface area contributed by atoms with E-state index in [1.165, 1.54) is 6.92 Å². The summed E-state index contributed by atoms with van der Waals surface area (Å²) in [4.78, 5) is 10.7. The molecule has 0 radical (unpaired) electrons. The van der Waals surface area contributed by atoms with Crippen molar-refractivity contribution in [3.05, 3.63) is 17.9 Å². The molecule has 0 aliphatic carbocycles. The number of hydrogen-bond acceptors (Lipinski definition) is 2. The Morgan fingerprint density at radius 1 is 1.64 bits per heavy atom. The van der Waals surface area contributed by atoms with Crippen molar-refractivity contribution in [2.75, 3.05) is 0 Å². The van der Waals surface area contributed by atoms with Crippen molar-refractivity contribution in [3.63, 3.8) is 0 Å². The molecule has 0 fully saturated rings. The molecule has 0 bridgehead atoms. The first-order valence-corrected chi connectivity index (χ1v) is 4.67. The van der Waals surface area contributed by atoms with Crippen LogP contribution in [0.15, 0.2) is 17.9 Å². The number of ether oxygens (including phenoxy) is 1. The van der Waals surface area contributed by atoms with Gasteiger partial charge in [-0.05, 0) is 12.8 Å². The second kappa shape index (κ2) is 7.00. The third-order valence-electron chi connectivity index (χ3n) is 1.78. The van der Waals surface area contributed by atoms with Gasteiger partial charge in [0.05, 0.1) is 0 Å². The van der Waals surface area contributed by atoms with Gasteiger partial charge in [-0.2, -0.15) is 0 Å². The number of unbranched alkanes of at least 4 members (excludes halogenated alkanes) is 1. The Hall–Kier alpha value is -1.45. The lowest BCUT2D eigenvalue weighted by atomic mass is 10.0. The van der Waals surface area contributed by atoms with Crippen molar-refractivity contribution in [2.45, 2.75) is 39.2 Å². The molecule has 2 heteroatoms. The van der Waals surface area contributed by atoms with E-state index in [-0.39, 0.29) is 5.97 Å². The Morgan fingerprint density at radius 3 is 2.64 bits per heavy atom. The largest absolute Gasteiger partial charge is 0.444 e. The fraction of sp³-hybridized carbons (Fsp3) is 0.500. The van der Waals surface area contributed by atoms with Gasteiger partial charge in [-0.25, -0.2) is 0 Å². The highest BCUT2D eigenvalue weighted by Gasteiger charge is 2.13. The van der Waals surface area contributed by atoms with Crippen LogP contribution in [0.5, 0.6) is 0 Å². The molecule has 1 unspecified atom stereocenters. The second-order valence-corrected chi connectivity index (χ2v) is 2.96. The highest BCUT2D eigenvalue weighted by molar-refractivity contribution is 5.67. The third-order valence-corrected chi connectivity index (χ3v) is 1.78. The van der Waals surface area contributed by atoms with Crippen molar-refractivity contribution in [3.8, 4) is 12.3 Å². The molecular weight excluding hydrogens is 176 g/mol. The summed E-state index contributed by atoms with van der Waals surface area (Å²) in [5.41, 5.74) is 3.52. The van der Waals surface area contributed by atoms with Gasteiger partial charge in [0.1, 0.15) is 0 Å². The van der Waals surface area contributed by atoms with Crippen LogP contribution >= 0.6 is 0 Å². The number of carbonyl (C=O) groups is 1. The zero-order valence-corrected chi connectivity index (χ0v) is 8.80.